The van der Waals surface area contributed by atoms with Crippen LogP contribution in [0.2, 0.25) is 0 Å². The molecule has 0 aliphatic heterocycles. The number of nitrogens with zero attached hydrogens (tertiary/aromatic N) is 2. The molecule has 6 N–H and O–H groups in total. The first-order chi connectivity index (χ1) is 18.8. The molecular weight excluding hydrogens is 517 g/mol. The lowest BCUT2D eigenvalue weighted by Gasteiger charge is -2.52. The number of amides is 1. The van der Waals surface area contributed by atoms with Gasteiger partial charge in [-0.1, -0.05) is 13.5 Å². The van der Waals surface area contributed by atoms with E-state index in [4.69, 9.17) is 5.73 Å². The lowest BCUT2D eigenvalue weighted by atomic mass is 9.57. The second-order valence-electron chi connectivity index (χ2n) is 12.0. The highest BCUT2D eigenvalue weighted by Crippen LogP contribution is 2.55. The molecule has 216 valence electrons. The molecule has 0 unspecified atom stereocenters. The lowest BCUT2D eigenvalue weighted by molar-refractivity contribution is -0.115. The first-order valence-electron chi connectivity index (χ1n) is 13.9. The fourth-order valence-electron chi connectivity index (χ4n) is 7.09. The molecule has 5 rings (SSSR count). The molecule has 10 heteroatoms. The number of aromatic hydroxyl groups is 1. The Kier molecular flexibility index (Phi) is 7.09. The van der Waals surface area contributed by atoms with Crippen molar-refractivity contribution in [3.8, 4) is 5.75 Å². The molecule has 4 aliphatic carbocycles. The Morgan fingerprint density at radius 2 is 1.93 bits per heavy atom. The van der Waals surface area contributed by atoms with Gasteiger partial charge in [0.25, 0.3) is 5.91 Å². The van der Waals surface area contributed by atoms with Crippen LogP contribution in [0.3, 0.4) is 0 Å². The van der Waals surface area contributed by atoms with Crippen LogP contribution >= 0.6 is 0 Å². The number of ketones is 1. The Morgan fingerprint density at radius 3 is 2.50 bits per heavy atom. The average molecular weight is 556 g/mol. The van der Waals surface area contributed by atoms with Crippen LogP contribution in [-0.4, -0.2) is 80.7 Å². The van der Waals surface area contributed by atoms with Crippen LogP contribution < -0.4 is 5.73 Å². The van der Waals surface area contributed by atoms with Crippen LogP contribution in [-0.2, 0) is 17.8 Å². The number of carbonyl (C=O) groups excluding carboxylic acids is 2. The fourth-order valence-corrected chi connectivity index (χ4v) is 7.09. The first kappa shape index (κ1) is 28.3. The van der Waals surface area contributed by atoms with E-state index in [0.29, 0.717) is 18.0 Å². The minimum Gasteiger partial charge on any atom is -0.510 e. The van der Waals surface area contributed by atoms with Crippen molar-refractivity contribution in [3.05, 3.63) is 63.4 Å². The number of phenols is 1. The van der Waals surface area contributed by atoms with Crippen molar-refractivity contribution >= 4 is 11.7 Å². The summed E-state index contributed by atoms with van der Waals surface area (Å²) in [4.78, 5) is 29.8. The summed E-state index contributed by atoms with van der Waals surface area (Å²) >= 11 is 0. The number of primary amides is 1. The monoisotopic (exact) mass is 555 g/mol. The number of Topliss-reactive ketones (excluding diaryl/α,β-unsaturated/α-hetero) is 1. The first-order valence-corrected chi connectivity index (χ1v) is 13.9. The van der Waals surface area contributed by atoms with Gasteiger partial charge in [0.15, 0.2) is 11.4 Å². The standard InChI is InChI=1S/C30H38FN3O6/c1-5-8-34(12-15-6-7-15)13-17-11-20(35)23-18(24(17)31)9-16-10-19-25(33(3)4)27(37)21(29(32)39)14(2)30(19,40)28(38)22(16)26(23)36/h11,15-16,19,25,35,37-38,40H,2,5-10,12-13H2,1,3-4H3,(H2,32,39)/t16-,19-,25-,30-/m0/s1. The molecule has 4 atom stereocenters. The molecule has 0 spiro atoms. The molecule has 4 aliphatic rings. The van der Waals surface area contributed by atoms with Crippen LogP contribution in [0.1, 0.15) is 54.1 Å². The van der Waals surface area contributed by atoms with E-state index in [2.05, 4.69) is 18.4 Å². The number of aliphatic hydroxyl groups is 3. The second kappa shape index (κ2) is 10.0. The number of fused-ring (bicyclic) bond motifs is 3. The van der Waals surface area contributed by atoms with E-state index in [0.717, 1.165) is 32.4 Å². The maximum absolute atomic E-state index is 16.1. The second-order valence-corrected chi connectivity index (χ2v) is 12.0. The van der Waals surface area contributed by atoms with Crippen molar-refractivity contribution in [2.24, 2.45) is 23.5 Å². The predicted octanol–water partition coefficient (Wildman–Crippen LogP) is 2.87. The van der Waals surface area contributed by atoms with Crippen molar-refractivity contribution in [3.63, 3.8) is 0 Å². The number of phenolic OH excluding ortho intramolecular Hbond substituents is 1. The predicted molar refractivity (Wildman–Crippen MR) is 146 cm³/mol. The summed E-state index contributed by atoms with van der Waals surface area (Å²) in [6, 6.07) is 0.348. The van der Waals surface area contributed by atoms with Gasteiger partial charge in [0.05, 0.1) is 17.2 Å². The number of hydrogen-bond acceptors (Lipinski definition) is 8. The van der Waals surface area contributed by atoms with Crippen LogP contribution in [0.5, 0.6) is 5.75 Å². The van der Waals surface area contributed by atoms with E-state index in [9.17, 15) is 30.0 Å². The Hall–Kier alpha value is -3.21. The molecule has 0 radical (unpaired) electrons. The zero-order chi connectivity index (χ0) is 29.3. The van der Waals surface area contributed by atoms with Crippen molar-refractivity contribution in [1.82, 2.24) is 9.80 Å². The summed E-state index contributed by atoms with van der Waals surface area (Å²) in [5.74, 6) is -4.85. The molecule has 0 bridgehead atoms. The minimum atomic E-state index is -2.28. The topological polar surface area (TPSA) is 148 Å². The van der Waals surface area contributed by atoms with Crippen molar-refractivity contribution in [2.45, 2.75) is 57.2 Å². The Balaban J connectivity index is 1.59. The van der Waals surface area contributed by atoms with Crippen LogP contribution in [0, 0.1) is 23.6 Å². The Morgan fingerprint density at radius 1 is 1.25 bits per heavy atom. The molecule has 9 nitrogen and oxygen atoms in total. The summed E-state index contributed by atoms with van der Waals surface area (Å²) in [7, 11) is 3.28. The zero-order valence-electron chi connectivity index (χ0n) is 23.2. The molecule has 1 aromatic rings. The van der Waals surface area contributed by atoms with E-state index in [1.807, 2.05) is 0 Å². The third kappa shape index (κ3) is 4.24. The molecule has 1 saturated carbocycles. The largest absolute Gasteiger partial charge is 0.510 e. The van der Waals surface area contributed by atoms with Gasteiger partial charge in [-0.3, -0.25) is 19.4 Å². The number of hydrogen-bond donors (Lipinski definition) is 5. The van der Waals surface area contributed by atoms with Crippen LogP contribution in [0.25, 0.3) is 0 Å². The van der Waals surface area contributed by atoms with Crippen molar-refractivity contribution < 1.29 is 34.4 Å². The molecule has 40 heavy (non-hydrogen) atoms. The smallest absolute Gasteiger partial charge is 0.252 e. The van der Waals surface area contributed by atoms with Gasteiger partial charge in [-0.15, -0.1) is 0 Å². The number of likely N-dealkylation sites (N-methyl/N-ethyl adjacent to an activating group) is 1. The normalized spacial score (nSPS) is 28.2. The Labute approximate surface area is 233 Å². The van der Waals surface area contributed by atoms with Gasteiger partial charge >= 0.3 is 0 Å². The van der Waals surface area contributed by atoms with E-state index >= 15 is 4.39 Å². The number of carbonyl (C=O) groups is 2. The van der Waals surface area contributed by atoms with Gasteiger partial charge in [0.2, 0.25) is 0 Å². The van der Waals surface area contributed by atoms with Crippen molar-refractivity contribution in [2.75, 3.05) is 27.2 Å². The summed E-state index contributed by atoms with van der Waals surface area (Å²) in [5, 5.41) is 45.3. The quantitative estimate of drug-likeness (QED) is 0.329. The molecule has 1 fully saturated rings. The van der Waals surface area contributed by atoms with Gasteiger partial charge in [0, 0.05) is 41.3 Å². The third-order valence-corrected chi connectivity index (χ3v) is 9.07. The maximum Gasteiger partial charge on any atom is 0.252 e. The summed E-state index contributed by atoms with van der Waals surface area (Å²) in [6.07, 6.45) is 3.31. The number of allylic oxidation sites excluding steroid dienone is 1. The molecule has 1 amide bonds. The summed E-state index contributed by atoms with van der Waals surface area (Å²) < 4.78 is 16.1. The van der Waals surface area contributed by atoms with E-state index in [1.165, 1.54) is 6.07 Å². The van der Waals surface area contributed by atoms with E-state index in [-0.39, 0.29) is 46.6 Å². The highest BCUT2D eigenvalue weighted by Gasteiger charge is 2.60. The van der Waals surface area contributed by atoms with Gasteiger partial charge in [-0.2, -0.15) is 0 Å². The highest BCUT2D eigenvalue weighted by atomic mass is 19.1. The summed E-state index contributed by atoms with van der Waals surface area (Å²) in [5.41, 5.74) is 2.52. The van der Waals surface area contributed by atoms with Crippen LogP contribution in [0.4, 0.5) is 4.39 Å². The molecule has 1 aromatic carbocycles. The van der Waals surface area contributed by atoms with Gasteiger partial charge in [-0.05, 0) is 70.6 Å². The number of nitrogens with two attached hydrogens (primary N) is 1. The van der Waals surface area contributed by atoms with Crippen molar-refractivity contribution in [1.29, 1.82) is 0 Å². The third-order valence-electron chi connectivity index (χ3n) is 9.07. The molecule has 0 aromatic heterocycles. The molecule has 0 heterocycles. The average Bonchev–Trinajstić information content (AvgIpc) is 3.68. The number of benzene rings is 1. The number of rotatable bonds is 8. The zero-order valence-corrected chi connectivity index (χ0v) is 23.2. The van der Waals surface area contributed by atoms with Gasteiger partial charge < -0.3 is 26.2 Å². The van der Waals surface area contributed by atoms with E-state index < -0.39 is 52.3 Å². The van der Waals surface area contributed by atoms with Gasteiger partial charge in [0.1, 0.15) is 23.1 Å². The summed E-state index contributed by atoms with van der Waals surface area (Å²) in [6.45, 7) is 7.79. The van der Waals surface area contributed by atoms with Crippen LogP contribution in [0.15, 0.2) is 40.9 Å². The number of halogens is 1. The van der Waals surface area contributed by atoms with Gasteiger partial charge in [-0.25, -0.2) is 4.39 Å². The minimum absolute atomic E-state index is 0.0104. The van der Waals surface area contributed by atoms with E-state index in [1.54, 1.807) is 19.0 Å². The molecule has 0 saturated heterocycles. The number of aliphatic hydroxyl groups excluding tert-OH is 2. The maximum atomic E-state index is 16.1. The SMILES string of the molecule is C=C1C(C(N)=O)=C(O)[C@@H](N(C)C)[C@@H]2C[C@@H]3Cc4c(F)c(CN(CCC)CC5CC5)cc(O)c4C(=O)C3=C(O)[C@]12O. The molecular formula is C30H38FN3O6. The fraction of sp³-hybridized carbons (Fsp3) is 0.533. The Bertz CT molecular complexity index is 1360. The highest BCUT2D eigenvalue weighted by molar-refractivity contribution is 6.13. The lowest BCUT2D eigenvalue weighted by Crippen LogP contribution is -2.60.